The Kier molecular flexibility index (Phi) is 10.5. The Morgan fingerprint density at radius 2 is 1.86 bits per heavy atom. The molecule has 3 nitrogen and oxygen atoms in total. The molecule has 0 bridgehead atoms. The van der Waals surface area contributed by atoms with Crippen LogP contribution in [0.15, 0.2) is 18.2 Å². The van der Waals surface area contributed by atoms with E-state index in [1.165, 1.54) is 5.56 Å². The molecular formula is C16H27Cl3N2O. The third kappa shape index (κ3) is 5.78. The fraction of sp³-hybridized carbons (Fsp3) is 0.625. The molecule has 0 radical (unpaired) electrons. The van der Waals surface area contributed by atoms with Crippen LogP contribution >= 0.6 is 36.4 Å². The third-order valence-corrected chi connectivity index (χ3v) is 4.16. The average molecular weight is 370 g/mol. The van der Waals surface area contributed by atoms with Gasteiger partial charge in [0, 0.05) is 32.2 Å². The molecule has 0 unspecified atom stereocenters. The minimum absolute atomic E-state index is 0. The van der Waals surface area contributed by atoms with Crippen molar-refractivity contribution in [2.75, 3.05) is 33.3 Å². The molecule has 0 aliphatic carbocycles. The van der Waals surface area contributed by atoms with E-state index in [1.807, 2.05) is 6.07 Å². The molecule has 0 saturated carbocycles. The van der Waals surface area contributed by atoms with E-state index in [1.54, 1.807) is 7.11 Å². The van der Waals surface area contributed by atoms with Crippen LogP contribution in [0.1, 0.15) is 31.9 Å². The predicted molar refractivity (Wildman–Crippen MR) is 99.1 cm³/mol. The molecule has 1 atom stereocenters. The molecule has 1 heterocycles. The number of benzene rings is 1. The summed E-state index contributed by atoms with van der Waals surface area (Å²) in [6, 6.07) is 6.63. The van der Waals surface area contributed by atoms with Crippen molar-refractivity contribution >= 4 is 36.4 Å². The summed E-state index contributed by atoms with van der Waals surface area (Å²) in [7, 11) is 1.67. The summed E-state index contributed by atoms with van der Waals surface area (Å²) in [5.74, 6) is 1.43. The lowest BCUT2D eigenvalue weighted by atomic mass is 9.95. The van der Waals surface area contributed by atoms with E-state index in [-0.39, 0.29) is 24.8 Å². The second-order valence-corrected chi connectivity index (χ2v) is 6.23. The number of nitrogens with zero attached hydrogens (tertiary/aromatic N) is 1. The Morgan fingerprint density at radius 3 is 2.41 bits per heavy atom. The van der Waals surface area contributed by atoms with Crippen LogP contribution in [0, 0.1) is 5.92 Å². The highest BCUT2D eigenvalue weighted by molar-refractivity contribution is 6.32. The molecule has 1 aromatic rings. The first-order valence-electron chi connectivity index (χ1n) is 7.40. The number of piperazine rings is 1. The van der Waals surface area contributed by atoms with E-state index in [0.717, 1.165) is 38.3 Å². The zero-order chi connectivity index (χ0) is 14.5. The quantitative estimate of drug-likeness (QED) is 0.842. The van der Waals surface area contributed by atoms with Crippen molar-refractivity contribution in [2.24, 2.45) is 5.92 Å². The van der Waals surface area contributed by atoms with Crippen LogP contribution in [0.25, 0.3) is 0 Å². The Bertz CT molecular complexity index is 437. The molecule has 1 aromatic carbocycles. The first-order valence-corrected chi connectivity index (χ1v) is 7.77. The molecule has 2 rings (SSSR count). The standard InChI is InChI=1S/C16H25ClN2O.2ClH/c1-12(2)10-15(19-8-6-18-7-9-19)13-4-5-14(17)16(11-13)20-3;;/h4-5,11-12,15,18H,6-10H2,1-3H3;2*1H/t15-;;/m0../s1. The topological polar surface area (TPSA) is 24.5 Å². The number of rotatable bonds is 5. The zero-order valence-corrected chi connectivity index (χ0v) is 15.9. The lowest BCUT2D eigenvalue weighted by molar-refractivity contribution is 0.154. The lowest BCUT2D eigenvalue weighted by Gasteiger charge is -2.36. The van der Waals surface area contributed by atoms with Crippen LogP contribution in [0.3, 0.4) is 0 Å². The molecular weight excluding hydrogens is 343 g/mol. The van der Waals surface area contributed by atoms with E-state index in [9.17, 15) is 0 Å². The van der Waals surface area contributed by atoms with Gasteiger partial charge in [0.25, 0.3) is 0 Å². The molecule has 1 fully saturated rings. The smallest absolute Gasteiger partial charge is 0.137 e. The maximum absolute atomic E-state index is 6.14. The zero-order valence-electron chi connectivity index (χ0n) is 13.5. The van der Waals surface area contributed by atoms with Crippen molar-refractivity contribution in [3.63, 3.8) is 0 Å². The van der Waals surface area contributed by atoms with E-state index in [4.69, 9.17) is 16.3 Å². The molecule has 6 heteroatoms. The SMILES string of the molecule is COc1cc([C@H](CC(C)C)N2CCNCC2)ccc1Cl.Cl.Cl. The number of nitrogens with one attached hydrogen (secondary N) is 1. The van der Waals surface area contributed by atoms with E-state index < -0.39 is 0 Å². The van der Waals surface area contributed by atoms with Gasteiger partial charge in [0.05, 0.1) is 12.1 Å². The molecule has 128 valence electrons. The van der Waals surface area contributed by atoms with Gasteiger partial charge in [-0.15, -0.1) is 24.8 Å². The second-order valence-electron chi connectivity index (χ2n) is 5.83. The molecule has 0 aromatic heterocycles. The summed E-state index contributed by atoms with van der Waals surface area (Å²) in [6.45, 7) is 8.90. The van der Waals surface area contributed by atoms with Gasteiger partial charge in [-0.3, -0.25) is 4.90 Å². The number of halogens is 3. The van der Waals surface area contributed by atoms with Crippen molar-refractivity contribution in [1.29, 1.82) is 0 Å². The molecule has 1 aliphatic heterocycles. The van der Waals surface area contributed by atoms with Gasteiger partial charge in [-0.1, -0.05) is 31.5 Å². The summed E-state index contributed by atoms with van der Waals surface area (Å²) in [6.07, 6.45) is 1.16. The average Bonchev–Trinajstić information content (AvgIpc) is 2.46. The fourth-order valence-corrected chi connectivity index (χ4v) is 3.01. The Labute approximate surface area is 151 Å². The van der Waals surface area contributed by atoms with Crippen molar-refractivity contribution < 1.29 is 4.74 Å². The fourth-order valence-electron chi connectivity index (χ4n) is 2.82. The van der Waals surface area contributed by atoms with Gasteiger partial charge in [0.1, 0.15) is 5.75 Å². The maximum Gasteiger partial charge on any atom is 0.137 e. The monoisotopic (exact) mass is 368 g/mol. The predicted octanol–water partition coefficient (Wildman–Crippen LogP) is 4.18. The highest BCUT2D eigenvalue weighted by atomic mass is 35.5. The van der Waals surface area contributed by atoms with Gasteiger partial charge in [-0.25, -0.2) is 0 Å². The molecule has 0 amide bonds. The summed E-state index contributed by atoms with van der Waals surface area (Å²) in [5.41, 5.74) is 1.31. The normalized spacial score (nSPS) is 16.6. The Morgan fingerprint density at radius 1 is 1.23 bits per heavy atom. The largest absolute Gasteiger partial charge is 0.495 e. The Balaban J connectivity index is 0.00000220. The summed E-state index contributed by atoms with van der Waals surface area (Å²) in [5, 5.41) is 4.10. The minimum atomic E-state index is 0. The number of hydrogen-bond acceptors (Lipinski definition) is 3. The highest BCUT2D eigenvalue weighted by Gasteiger charge is 2.23. The Hall–Kier alpha value is -0.190. The first kappa shape index (κ1) is 21.8. The number of ether oxygens (including phenoxy) is 1. The minimum Gasteiger partial charge on any atom is -0.495 e. The van der Waals surface area contributed by atoms with E-state index in [0.29, 0.717) is 17.0 Å². The van der Waals surface area contributed by atoms with Crippen LogP contribution < -0.4 is 10.1 Å². The second kappa shape index (κ2) is 10.6. The van der Waals surface area contributed by atoms with Crippen LogP contribution in [-0.4, -0.2) is 38.2 Å². The van der Waals surface area contributed by atoms with Gasteiger partial charge in [0.15, 0.2) is 0 Å². The molecule has 22 heavy (non-hydrogen) atoms. The van der Waals surface area contributed by atoms with Gasteiger partial charge in [-0.05, 0) is 30.0 Å². The maximum atomic E-state index is 6.14. The van der Waals surface area contributed by atoms with Crippen molar-refractivity contribution in [3.05, 3.63) is 28.8 Å². The van der Waals surface area contributed by atoms with Gasteiger partial charge >= 0.3 is 0 Å². The third-order valence-electron chi connectivity index (χ3n) is 3.85. The summed E-state index contributed by atoms with van der Waals surface area (Å²) >= 11 is 6.14. The lowest BCUT2D eigenvalue weighted by Crippen LogP contribution is -2.45. The van der Waals surface area contributed by atoms with Crippen LogP contribution in [0.4, 0.5) is 0 Å². The number of methoxy groups -OCH3 is 1. The first-order chi connectivity index (χ1) is 9.61. The molecule has 1 saturated heterocycles. The van der Waals surface area contributed by atoms with Crippen LogP contribution in [-0.2, 0) is 0 Å². The van der Waals surface area contributed by atoms with Crippen molar-refractivity contribution in [1.82, 2.24) is 10.2 Å². The summed E-state index contributed by atoms with van der Waals surface area (Å²) in [4.78, 5) is 2.57. The highest BCUT2D eigenvalue weighted by Crippen LogP contribution is 2.33. The van der Waals surface area contributed by atoms with E-state index >= 15 is 0 Å². The van der Waals surface area contributed by atoms with Gasteiger partial charge in [0.2, 0.25) is 0 Å². The summed E-state index contributed by atoms with van der Waals surface area (Å²) < 4.78 is 5.37. The van der Waals surface area contributed by atoms with Crippen molar-refractivity contribution in [3.8, 4) is 5.75 Å². The molecule has 1 aliphatic rings. The van der Waals surface area contributed by atoms with Gasteiger partial charge < -0.3 is 10.1 Å². The molecule has 1 N–H and O–H groups in total. The number of hydrogen-bond donors (Lipinski definition) is 1. The van der Waals surface area contributed by atoms with Gasteiger partial charge in [-0.2, -0.15) is 0 Å². The molecule has 0 spiro atoms. The van der Waals surface area contributed by atoms with Crippen LogP contribution in [0.2, 0.25) is 5.02 Å². The van der Waals surface area contributed by atoms with E-state index in [2.05, 4.69) is 36.2 Å². The van der Waals surface area contributed by atoms with Crippen molar-refractivity contribution in [2.45, 2.75) is 26.3 Å². The van der Waals surface area contributed by atoms with Crippen LogP contribution in [0.5, 0.6) is 5.75 Å².